The van der Waals surface area contributed by atoms with Crippen LogP contribution in [0.25, 0.3) is 0 Å². The Labute approximate surface area is 127 Å². The second-order valence-corrected chi connectivity index (χ2v) is 6.66. The summed E-state index contributed by atoms with van der Waals surface area (Å²) in [5, 5.41) is 0. The number of aryl methyl sites for hydroxylation is 2. The molecule has 1 aromatic rings. The number of aromatic nitrogens is 2. The van der Waals surface area contributed by atoms with Crippen LogP contribution in [0.5, 0.6) is 0 Å². The average Bonchev–Trinajstić information content (AvgIpc) is 2.89. The van der Waals surface area contributed by atoms with E-state index in [4.69, 9.17) is 9.72 Å². The lowest BCUT2D eigenvalue weighted by Crippen LogP contribution is -2.48. The summed E-state index contributed by atoms with van der Waals surface area (Å²) in [6.07, 6.45) is 9.66. The summed E-state index contributed by atoms with van der Waals surface area (Å²) in [5.41, 5.74) is 2.70. The molecule has 1 saturated carbocycles. The van der Waals surface area contributed by atoms with E-state index in [1.54, 1.807) is 0 Å². The topological polar surface area (TPSA) is 38.2 Å². The second kappa shape index (κ2) is 5.91. The molecule has 2 fully saturated rings. The number of anilines is 1. The highest BCUT2D eigenvalue weighted by molar-refractivity contribution is 5.34. The van der Waals surface area contributed by atoms with Gasteiger partial charge in [-0.25, -0.2) is 9.97 Å². The van der Waals surface area contributed by atoms with E-state index in [9.17, 15) is 0 Å². The zero-order valence-electron chi connectivity index (χ0n) is 13.6. The van der Waals surface area contributed by atoms with E-state index in [1.165, 1.54) is 43.4 Å². The number of ether oxygens (including phenoxy) is 1. The number of piperidine rings is 1. The van der Waals surface area contributed by atoms with Gasteiger partial charge in [-0.2, -0.15) is 0 Å². The third kappa shape index (κ3) is 2.66. The molecule has 0 amide bonds. The SMILES string of the molecule is CCc1nc(N2CCC[C@@]3(CCC[C@H]3OC)C2)ncc1C. The number of rotatable bonds is 3. The van der Waals surface area contributed by atoms with Gasteiger partial charge in [0.25, 0.3) is 0 Å². The molecule has 0 bridgehead atoms. The molecule has 116 valence electrons. The Kier molecular flexibility index (Phi) is 4.16. The van der Waals surface area contributed by atoms with Crippen LogP contribution in [0.4, 0.5) is 5.95 Å². The molecular weight excluding hydrogens is 262 g/mol. The van der Waals surface area contributed by atoms with Crippen LogP contribution in [0.3, 0.4) is 0 Å². The van der Waals surface area contributed by atoms with Gasteiger partial charge >= 0.3 is 0 Å². The van der Waals surface area contributed by atoms with Crippen molar-refractivity contribution in [2.45, 2.75) is 58.5 Å². The van der Waals surface area contributed by atoms with Crippen molar-refractivity contribution in [2.75, 3.05) is 25.1 Å². The fourth-order valence-corrected chi connectivity index (χ4v) is 4.25. The lowest BCUT2D eigenvalue weighted by Gasteiger charge is -2.43. The molecule has 0 unspecified atom stereocenters. The summed E-state index contributed by atoms with van der Waals surface area (Å²) >= 11 is 0. The van der Waals surface area contributed by atoms with Gasteiger partial charge in [0.05, 0.1) is 6.10 Å². The molecule has 2 atom stereocenters. The standard InChI is InChI=1S/C17H27N3O/c1-4-14-13(2)11-18-16(19-14)20-10-6-9-17(12-20)8-5-7-15(17)21-3/h11,15H,4-10,12H2,1-3H3/t15-,17+/m1/s1. The van der Waals surface area contributed by atoms with Crippen LogP contribution in [0.1, 0.15) is 50.3 Å². The van der Waals surface area contributed by atoms with Crippen molar-refractivity contribution in [3.63, 3.8) is 0 Å². The van der Waals surface area contributed by atoms with Gasteiger partial charge in [-0.3, -0.25) is 0 Å². The molecule has 1 aromatic heterocycles. The quantitative estimate of drug-likeness (QED) is 0.857. The minimum atomic E-state index is 0.327. The van der Waals surface area contributed by atoms with Crippen LogP contribution in [-0.2, 0) is 11.2 Å². The fraction of sp³-hybridized carbons (Fsp3) is 0.765. The summed E-state index contributed by atoms with van der Waals surface area (Å²) in [5.74, 6) is 0.915. The van der Waals surface area contributed by atoms with Crippen LogP contribution in [0.2, 0.25) is 0 Å². The van der Waals surface area contributed by atoms with Gasteiger partial charge < -0.3 is 9.64 Å². The Morgan fingerprint density at radius 3 is 2.95 bits per heavy atom. The highest BCUT2D eigenvalue weighted by Crippen LogP contribution is 2.46. The first-order valence-electron chi connectivity index (χ1n) is 8.29. The molecule has 0 N–H and O–H groups in total. The largest absolute Gasteiger partial charge is 0.381 e. The molecule has 0 aromatic carbocycles. The van der Waals surface area contributed by atoms with Crippen LogP contribution in [0.15, 0.2) is 6.20 Å². The van der Waals surface area contributed by atoms with E-state index in [2.05, 4.69) is 23.7 Å². The first-order valence-corrected chi connectivity index (χ1v) is 8.29. The molecule has 0 radical (unpaired) electrons. The van der Waals surface area contributed by atoms with Crippen LogP contribution in [-0.4, -0.2) is 36.3 Å². The molecule has 1 aliphatic carbocycles. The summed E-state index contributed by atoms with van der Waals surface area (Å²) in [4.78, 5) is 11.8. The zero-order valence-corrected chi connectivity index (χ0v) is 13.6. The molecule has 4 heteroatoms. The van der Waals surface area contributed by atoms with Crippen LogP contribution >= 0.6 is 0 Å². The Morgan fingerprint density at radius 1 is 1.38 bits per heavy atom. The van der Waals surface area contributed by atoms with E-state index >= 15 is 0 Å². The van der Waals surface area contributed by atoms with Gasteiger partial charge in [-0.1, -0.05) is 13.3 Å². The number of hydrogen-bond acceptors (Lipinski definition) is 4. The van der Waals surface area contributed by atoms with Crippen molar-refractivity contribution in [2.24, 2.45) is 5.41 Å². The second-order valence-electron chi connectivity index (χ2n) is 6.66. The third-order valence-corrected chi connectivity index (χ3v) is 5.40. The monoisotopic (exact) mass is 289 g/mol. The maximum Gasteiger partial charge on any atom is 0.225 e. The van der Waals surface area contributed by atoms with Gasteiger partial charge in [-0.15, -0.1) is 0 Å². The fourth-order valence-electron chi connectivity index (χ4n) is 4.25. The smallest absolute Gasteiger partial charge is 0.225 e. The predicted molar refractivity (Wildman–Crippen MR) is 84.7 cm³/mol. The molecule has 4 nitrogen and oxygen atoms in total. The Bertz CT molecular complexity index is 505. The molecule has 21 heavy (non-hydrogen) atoms. The van der Waals surface area contributed by atoms with Crippen molar-refractivity contribution in [1.82, 2.24) is 9.97 Å². The molecule has 1 spiro atoms. The van der Waals surface area contributed by atoms with Gasteiger partial charge in [0.15, 0.2) is 0 Å². The lowest BCUT2D eigenvalue weighted by atomic mass is 9.76. The zero-order chi connectivity index (χ0) is 14.9. The third-order valence-electron chi connectivity index (χ3n) is 5.40. The lowest BCUT2D eigenvalue weighted by molar-refractivity contribution is 0.00203. The Balaban J connectivity index is 1.83. The average molecular weight is 289 g/mol. The van der Waals surface area contributed by atoms with Gasteiger partial charge in [0.1, 0.15) is 0 Å². The highest BCUT2D eigenvalue weighted by atomic mass is 16.5. The summed E-state index contributed by atoms with van der Waals surface area (Å²) in [6.45, 7) is 6.38. The summed E-state index contributed by atoms with van der Waals surface area (Å²) in [7, 11) is 1.87. The van der Waals surface area contributed by atoms with E-state index in [-0.39, 0.29) is 0 Å². The molecule has 1 aliphatic heterocycles. The van der Waals surface area contributed by atoms with Crippen molar-refractivity contribution in [3.8, 4) is 0 Å². The van der Waals surface area contributed by atoms with Crippen LogP contribution < -0.4 is 4.90 Å². The summed E-state index contributed by atoms with van der Waals surface area (Å²) in [6, 6.07) is 0. The van der Waals surface area contributed by atoms with Gasteiger partial charge in [0, 0.05) is 37.5 Å². The van der Waals surface area contributed by atoms with Crippen LogP contribution in [0, 0.1) is 12.3 Å². The molecule has 3 rings (SSSR count). The summed E-state index contributed by atoms with van der Waals surface area (Å²) < 4.78 is 5.79. The molecule has 2 heterocycles. The normalized spacial score (nSPS) is 29.3. The maximum absolute atomic E-state index is 5.79. The maximum atomic E-state index is 5.79. The number of methoxy groups -OCH3 is 1. The Morgan fingerprint density at radius 2 is 2.19 bits per heavy atom. The van der Waals surface area contributed by atoms with E-state index < -0.39 is 0 Å². The number of hydrogen-bond donors (Lipinski definition) is 0. The minimum Gasteiger partial charge on any atom is -0.381 e. The molecule has 2 aliphatic rings. The van der Waals surface area contributed by atoms with Crippen molar-refractivity contribution in [1.29, 1.82) is 0 Å². The predicted octanol–water partition coefficient (Wildman–Crippen LogP) is 3.13. The number of nitrogens with zero attached hydrogens (tertiary/aromatic N) is 3. The molecular formula is C17H27N3O. The van der Waals surface area contributed by atoms with E-state index in [1.807, 2.05) is 13.3 Å². The van der Waals surface area contributed by atoms with Crippen molar-refractivity contribution < 1.29 is 4.74 Å². The Hall–Kier alpha value is -1.16. The van der Waals surface area contributed by atoms with Gasteiger partial charge in [-0.05, 0) is 44.6 Å². The van der Waals surface area contributed by atoms with Crippen molar-refractivity contribution in [3.05, 3.63) is 17.5 Å². The molecule has 1 saturated heterocycles. The minimum absolute atomic E-state index is 0.327. The first kappa shape index (κ1) is 14.8. The first-order chi connectivity index (χ1) is 10.2. The van der Waals surface area contributed by atoms with E-state index in [0.717, 1.165) is 25.5 Å². The van der Waals surface area contributed by atoms with Crippen molar-refractivity contribution >= 4 is 5.95 Å². The van der Waals surface area contributed by atoms with E-state index in [0.29, 0.717) is 11.5 Å². The highest BCUT2D eigenvalue weighted by Gasteiger charge is 2.46. The van der Waals surface area contributed by atoms with Gasteiger partial charge in [0.2, 0.25) is 5.95 Å².